The second-order valence-corrected chi connectivity index (χ2v) is 6.29. The Kier molecular flexibility index (Phi) is 3.70. The van der Waals surface area contributed by atoms with Gasteiger partial charge in [-0.3, -0.25) is 9.36 Å². The summed E-state index contributed by atoms with van der Waals surface area (Å²) in [5.74, 6) is 0. The molecule has 2 aromatic heterocycles. The highest BCUT2D eigenvalue weighted by Gasteiger charge is 2.12. The molecule has 0 spiro atoms. The van der Waals surface area contributed by atoms with Crippen LogP contribution in [-0.2, 0) is 6.54 Å². The molecule has 0 aliphatic carbocycles. The molecule has 2 heterocycles. The molecule has 0 aliphatic heterocycles. The van der Waals surface area contributed by atoms with E-state index < -0.39 is 0 Å². The van der Waals surface area contributed by atoms with E-state index in [1.165, 1.54) is 0 Å². The second-order valence-electron chi connectivity index (χ2n) is 4.68. The Bertz CT molecular complexity index is 694. The Morgan fingerprint density at radius 3 is 2.67 bits per heavy atom. The lowest BCUT2D eigenvalue weighted by Gasteiger charge is -2.11. The van der Waals surface area contributed by atoms with E-state index in [2.05, 4.69) is 4.98 Å². The van der Waals surface area contributed by atoms with Crippen LogP contribution < -0.4 is 5.56 Å². The van der Waals surface area contributed by atoms with E-state index in [1.54, 1.807) is 15.9 Å². The number of fused-ring (bicyclic) bond motifs is 1. The van der Waals surface area contributed by atoms with Crippen molar-refractivity contribution in [2.75, 3.05) is 20.6 Å². The van der Waals surface area contributed by atoms with Crippen molar-refractivity contribution in [3.05, 3.63) is 25.6 Å². The van der Waals surface area contributed by atoms with Crippen LogP contribution in [0.4, 0.5) is 0 Å². The van der Waals surface area contributed by atoms with Crippen molar-refractivity contribution in [3.8, 4) is 0 Å². The number of nitrogens with one attached hydrogen (secondary N) is 1. The van der Waals surface area contributed by atoms with E-state index in [9.17, 15) is 4.79 Å². The van der Waals surface area contributed by atoms with Crippen LogP contribution in [0, 0.1) is 18.6 Å². The van der Waals surface area contributed by atoms with Crippen molar-refractivity contribution in [3.63, 3.8) is 0 Å². The minimum Gasteiger partial charge on any atom is -0.323 e. The third-order valence-electron chi connectivity index (χ3n) is 3.08. The molecule has 0 bridgehead atoms. The zero-order valence-corrected chi connectivity index (χ0v) is 12.7. The molecular weight excluding hydrogens is 266 g/mol. The Balaban J connectivity index is 2.64. The molecule has 0 aliphatic rings. The Morgan fingerprint density at radius 1 is 1.39 bits per heavy atom. The van der Waals surface area contributed by atoms with Crippen LogP contribution in [0.25, 0.3) is 10.2 Å². The summed E-state index contributed by atoms with van der Waals surface area (Å²) in [6.45, 7) is 5.43. The molecule has 98 valence electrons. The number of aromatic nitrogens is 2. The van der Waals surface area contributed by atoms with E-state index in [1.807, 2.05) is 32.8 Å². The smallest absolute Gasteiger partial charge is 0.263 e. The summed E-state index contributed by atoms with van der Waals surface area (Å²) in [5.41, 5.74) is 1.09. The standard InChI is InChI=1S/C12H17N3OS2/c1-7-8(2)18-10-9(7)11(16)15(12(17)13-10)6-5-14(3)4/h5-6H2,1-4H3,(H,13,17). The van der Waals surface area contributed by atoms with Gasteiger partial charge in [0.25, 0.3) is 5.56 Å². The summed E-state index contributed by atoms with van der Waals surface area (Å²) in [6.07, 6.45) is 0. The third kappa shape index (κ3) is 2.28. The number of nitrogens with zero attached hydrogens (tertiary/aromatic N) is 2. The van der Waals surface area contributed by atoms with Gasteiger partial charge < -0.3 is 9.88 Å². The first kappa shape index (κ1) is 13.5. The molecule has 0 saturated heterocycles. The van der Waals surface area contributed by atoms with Gasteiger partial charge >= 0.3 is 0 Å². The number of thiophene rings is 1. The normalized spacial score (nSPS) is 11.6. The molecule has 0 fully saturated rings. The number of likely N-dealkylation sites (N-methyl/N-ethyl adjacent to an activating group) is 1. The van der Waals surface area contributed by atoms with Crippen LogP contribution in [0.2, 0.25) is 0 Å². The van der Waals surface area contributed by atoms with Gasteiger partial charge in [0, 0.05) is 18.0 Å². The molecule has 0 saturated carbocycles. The zero-order chi connectivity index (χ0) is 13.4. The molecule has 1 N–H and O–H groups in total. The number of hydrogen-bond acceptors (Lipinski definition) is 4. The lowest BCUT2D eigenvalue weighted by atomic mass is 10.2. The SMILES string of the molecule is Cc1sc2[nH]c(=S)n(CCN(C)C)c(=O)c2c1C. The average molecular weight is 283 g/mol. The summed E-state index contributed by atoms with van der Waals surface area (Å²) in [5, 5.41) is 0.782. The second kappa shape index (κ2) is 4.95. The van der Waals surface area contributed by atoms with Gasteiger partial charge in [0.1, 0.15) is 4.83 Å². The van der Waals surface area contributed by atoms with Crippen LogP contribution in [0.3, 0.4) is 0 Å². The van der Waals surface area contributed by atoms with Crippen LogP contribution in [-0.4, -0.2) is 35.1 Å². The highest BCUT2D eigenvalue weighted by molar-refractivity contribution is 7.71. The van der Waals surface area contributed by atoms with Crippen molar-refractivity contribution in [2.45, 2.75) is 20.4 Å². The van der Waals surface area contributed by atoms with E-state index in [-0.39, 0.29) is 5.56 Å². The highest BCUT2D eigenvalue weighted by atomic mass is 32.1. The van der Waals surface area contributed by atoms with Gasteiger partial charge in [-0.25, -0.2) is 0 Å². The molecule has 18 heavy (non-hydrogen) atoms. The summed E-state index contributed by atoms with van der Waals surface area (Å²) in [7, 11) is 3.96. The molecule has 2 aromatic rings. The van der Waals surface area contributed by atoms with E-state index in [4.69, 9.17) is 12.2 Å². The average Bonchev–Trinajstić information content (AvgIpc) is 2.53. The zero-order valence-electron chi connectivity index (χ0n) is 11.0. The Morgan fingerprint density at radius 2 is 2.06 bits per heavy atom. The number of rotatable bonds is 3. The van der Waals surface area contributed by atoms with Gasteiger partial charge in [-0.2, -0.15) is 0 Å². The fourth-order valence-electron chi connectivity index (χ4n) is 1.87. The van der Waals surface area contributed by atoms with Crippen LogP contribution in [0.5, 0.6) is 0 Å². The van der Waals surface area contributed by atoms with Gasteiger partial charge in [0.2, 0.25) is 0 Å². The highest BCUT2D eigenvalue weighted by Crippen LogP contribution is 2.25. The fourth-order valence-corrected chi connectivity index (χ4v) is 3.26. The molecule has 0 aromatic carbocycles. The lowest BCUT2D eigenvalue weighted by molar-refractivity contribution is 0.379. The number of hydrogen-bond donors (Lipinski definition) is 1. The van der Waals surface area contributed by atoms with E-state index in [0.29, 0.717) is 11.3 Å². The quantitative estimate of drug-likeness (QED) is 0.879. The van der Waals surface area contributed by atoms with Gasteiger partial charge in [-0.1, -0.05) is 0 Å². The summed E-state index contributed by atoms with van der Waals surface area (Å²) >= 11 is 6.86. The maximum atomic E-state index is 12.5. The predicted molar refractivity (Wildman–Crippen MR) is 79.3 cm³/mol. The Labute approximate surface area is 115 Å². The summed E-state index contributed by atoms with van der Waals surface area (Å²) < 4.78 is 2.16. The molecule has 2 rings (SSSR count). The maximum Gasteiger partial charge on any atom is 0.263 e. The minimum atomic E-state index is 0.0254. The molecule has 0 atom stereocenters. The first-order valence-corrected chi connectivity index (χ1v) is 7.02. The van der Waals surface area contributed by atoms with Crippen molar-refractivity contribution in [1.82, 2.24) is 14.5 Å². The number of aromatic amines is 1. The minimum absolute atomic E-state index is 0.0254. The number of H-pyrrole nitrogens is 1. The first-order valence-electron chi connectivity index (χ1n) is 5.79. The predicted octanol–water partition coefficient (Wildman–Crippen LogP) is 2.30. The van der Waals surface area contributed by atoms with Crippen LogP contribution >= 0.6 is 23.6 Å². The monoisotopic (exact) mass is 283 g/mol. The van der Waals surface area contributed by atoms with E-state index in [0.717, 1.165) is 27.2 Å². The van der Waals surface area contributed by atoms with Crippen molar-refractivity contribution in [2.24, 2.45) is 0 Å². The van der Waals surface area contributed by atoms with Crippen LogP contribution in [0.1, 0.15) is 10.4 Å². The molecule has 0 amide bonds. The molecule has 0 radical (unpaired) electrons. The van der Waals surface area contributed by atoms with Crippen molar-refractivity contribution >= 4 is 33.8 Å². The molecule has 4 nitrogen and oxygen atoms in total. The fraction of sp³-hybridized carbons (Fsp3) is 0.500. The molecule has 0 unspecified atom stereocenters. The summed E-state index contributed by atoms with van der Waals surface area (Å²) in [4.78, 5) is 19.7. The lowest BCUT2D eigenvalue weighted by Crippen LogP contribution is -2.27. The number of aryl methyl sites for hydroxylation is 2. The topological polar surface area (TPSA) is 41.0 Å². The van der Waals surface area contributed by atoms with Crippen LogP contribution in [0.15, 0.2) is 4.79 Å². The maximum absolute atomic E-state index is 12.5. The largest absolute Gasteiger partial charge is 0.323 e. The third-order valence-corrected chi connectivity index (χ3v) is 4.53. The van der Waals surface area contributed by atoms with Gasteiger partial charge in [0.05, 0.1) is 5.39 Å². The van der Waals surface area contributed by atoms with Gasteiger partial charge in [-0.05, 0) is 45.7 Å². The van der Waals surface area contributed by atoms with Crippen molar-refractivity contribution < 1.29 is 0 Å². The molecule has 6 heteroatoms. The molecular formula is C12H17N3OS2. The first-order chi connectivity index (χ1) is 8.41. The van der Waals surface area contributed by atoms with Gasteiger partial charge in [-0.15, -0.1) is 11.3 Å². The Hall–Kier alpha value is -0.980. The van der Waals surface area contributed by atoms with Gasteiger partial charge in [0.15, 0.2) is 4.77 Å². The summed E-state index contributed by atoms with van der Waals surface area (Å²) in [6, 6.07) is 0. The van der Waals surface area contributed by atoms with Crippen molar-refractivity contribution in [1.29, 1.82) is 0 Å². The van der Waals surface area contributed by atoms with E-state index >= 15 is 0 Å².